The maximum Gasteiger partial charge on any atom is 0.261 e. The van der Waals surface area contributed by atoms with Crippen molar-refractivity contribution in [2.75, 3.05) is 11.1 Å². The van der Waals surface area contributed by atoms with Crippen molar-refractivity contribution >= 4 is 39.9 Å². The van der Waals surface area contributed by atoms with Gasteiger partial charge >= 0.3 is 0 Å². The van der Waals surface area contributed by atoms with E-state index in [1.807, 2.05) is 24.3 Å². The van der Waals surface area contributed by atoms with Crippen molar-refractivity contribution in [2.24, 2.45) is 0 Å². The van der Waals surface area contributed by atoms with Crippen molar-refractivity contribution in [2.45, 2.75) is 0 Å². The summed E-state index contributed by atoms with van der Waals surface area (Å²) in [5, 5.41) is 3.72. The molecule has 1 amide bonds. The lowest BCUT2D eigenvalue weighted by molar-refractivity contribution is 0.101. The van der Waals surface area contributed by atoms with E-state index < -0.39 is 23.1 Å². The van der Waals surface area contributed by atoms with Crippen LogP contribution in [-0.4, -0.2) is 15.9 Å². The van der Waals surface area contributed by atoms with Crippen LogP contribution in [0.2, 0.25) is 5.02 Å². The molecule has 0 saturated heterocycles. The lowest BCUT2D eigenvalue weighted by Crippen LogP contribution is -2.17. The summed E-state index contributed by atoms with van der Waals surface area (Å²) < 4.78 is 27.9. The van der Waals surface area contributed by atoms with Crippen LogP contribution in [0.5, 0.6) is 0 Å². The molecule has 2 aromatic carbocycles. The van der Waals surface area contributed by atoms with Crippen LogP contribution in [-0.2, 0) is 0 Å². The summed E-state index contributed by atoms with van der Waals surface area (Å²) in [7, 11) is 0. The summed E-state index contributed by atoms with van der Waals surface area (Å²) in [6, 6.07) is 12.8. The highest BCUT2D eigenvalue weighted by atomic mass is 35.5. The Bertz CT molecular complexity index is 1220. The van der Waals surface area contributed by atoms with Gasteiger partial charge in [0.25, 0.3) is 5.91 Å². The van der Waals surface area contributed by atoms with Crippen molar-refractivity contribution in [3.63, 3.8) is 0 Å². The maximum absolute atomic E-state index is 14.0. The van der Waals surface area contributed by atoms with Gasteiger partial charge in [-0.3, -0.25) is 4.79 Å². The Labute approximate surface area is 163 Å². The fourth-order valence-electron chi connectivity index (χ4n) is 2.88. The number of fused-ring (bicyclic) bond motifs is 1. The van der Waals surface area contributed by atoms with Crippen LogP contribution in [0.1, 0.15) is 10.4 Å². The zero-order chi connectivity index (χ0) is 19.8. The van der Waals surface area contributed by atoms with Gasteiger partial charge in [-0.1, -0.05) is 29.8 Å². The highest BCUT2D eigenvalue weighted by Gasteiger charge is 2.20. The number of carbonyl (C=O) groups excluding carboxylic acids is 1. The summed E-state index contributed by atoms with van der Waals surface area (Å²) in [4.78, 5) is 19.7. The predicted octanol–water partition coefficient (Wildman–Crippen LogP) is 5.00. The van der Waals surface area contributed by atoms with E-state index in [2.05, 4.69) is 15.3 Å². The van der Waals surface area contributed by atoms with E-state index in [9.17, 15) is 13.6 Å². The largest absolute Gasteiger partial charge is 0.396 e. The van der Waals surface area contributed by atoms with Crippen LogP contribution >= 0.6 is 11.6 Å². The van der Waals surface area contributed by atoms with Crippen molar-refractivity contribution in [1.82, 2.24) is 9.97 Å². The van der Waals surface area contributed by atoms with Crippen molar-refractivity contribution < 1.29 is 13.6 Å². The van der Waals surface area contributed by atoms with E-state index in [0.29, 0.717) is 16.1 Å². The number of nitrogens with one attached hydrogen (secondary N) is 2. The number of benzene rings is 2. The Morgan fingerprint density at radius 1 is 1.14 bits per heavy atom. The smallest absolute Gasteiger partial charge is 0.261 e. The van der Waals surface area contributed by atoms with E-state index >= 15 is 0 Å². The number of amides is 1. The first-order valence-electron chi connectivity index (χ1n) is 8.22. The Kier molecular flexibility index (Phi) is 4.44. The van der Waals surface area contributed by atoms with E-state index in [-0.39, 0.29) is 11.4 Å². The van der Waals surface area contributed by atoms with Gasteiger partial charge in [0.05, 0.1) is 17.6 Å². The lowest BCUT2D eigenvalue weighted by atomic mass is 10.1. The molecule has 5 nitrogen and oxygen atoms in total. The van der Waals surface area contributed by atoms with Crippen LogP contribution in [0.4, 0.5) is 20.2 Å². The molecule has 0 fully saturated rings. The fraction of sp³-hybridized carbons (Fsp3) is 0. The number of nitrogens with zero attached hydrogens (tertiary/aromatic N) is 1. The molecule has 0 saturated carbocycles. The molecule has 28 heavy (non-hydrogen) atoms. The number of aromatic amines is 1. The third kappa shape index (κ3) is 3.16. The van der Waals surface area contributed by atoms with Crippen LogP contribution in [0.3, 0.4) is 0 Å². The monoisotopic (exact) mass is 398 g/mol. The highest BCUT2D eigenvalue weighted by molar-refractivity contribution is 6.33. The molecule has 0 spiro atoms. The van der Waals surface area contributed by atoms with Gasteiger partial charge in [-0.05, 0) is 30.3 Å². The molecule has 140 valence electrons. The zero-order valence-electron chi connectivity index (χ0n) is 14.3. The third-order valence-electron chi connectivity index (χ3n) is 4.24. The Hall–Kier alpha value is -3.45. The molecule has 0 radical (unpaired) electrons. The molecular weight excluding hydrogens is 386 g/mol. The molecule has 2 heterocycles. The number of nitrogens with two attached hydrogens (primary N) is 1. The molecular formula is C20H13ClF2N4O. The normalized spacial score (nSPS) is 11.0. The molecule has 4 rings (SSSR count). The number of pyridine rings is 1. The summed E-state index contributed by atoms with van der Waals surface area (Å²) in [5.74, 6) is -3.06. The van der Waals surface area contributed by atoms with Gasteiger partial charge in [-0.15, -0.1) is 0 Å². The molecule has 0 aliphatic carbocycles. The standard InChI is InChI=1S/C20H13ClF2N4O/c21-13-4-2-1-3-12(13)16-8-10-7-11(9-25-19(10)27-16)26-20(28)17-14(22)5-6-15(24)18(17)23/h1-9H,24H2,(H,25,27)(H,26,28). The average molecular weight is 399 g/mol. The molecule has 0 unspecified atom stereocenters. The fourth-order valence-corrected chi connectivity index (χ4v) is 3.12. The number of rotatable bonds is 3. The number of hydrogen-bond donors (Lipinski definition) is 3. The Morgan fingerprint density at radius 2 is 1.93 bits per heavy atom. The number of carbonyl (C=O) groups is 1. The Morgan fingerprint density at radius 3 is 2.71 bits per heavy atom. The number of H-pyrrole nitrogens is 1. The zero-order valence-corrected chi connectivity index (χ0v) is 15.0. The van der Waals surface area contributed by atoms with Gasteiger partial charge in [0.1, 0.15) is 17.0 Å². The third-order valence-corrected chi connectivity index (χ3v) is 4.57. The van der Waals surface area contributed by atoms with E-state index in [0.717, 1.165) is 23.4 Å². The van der Waals surface area contributed by atoms with Gasteiger partial charge in [0, 0.05) is 21.7 Å². The SMILES string of the molecule is Nc1ccc(F)c(C(=O)Nc2cnc3[nH]c(-c4ccccc4Cl)cc3c2)c1F. The molecule has 0 aliphatic rings. The van der Waals surface area contributed by atoms with Gasteiger partial charge < -0.3 is 16.0 Å². The number of halogens is 3. The summed E-state index contributed by atoms with van der Waals surface area (Å²) >= 11 is 6.22. The minimum atomic E-state index is -1.10. The van der Waals surface area contributed by atoms with E-state index in [1.54, 1.807) is 12.1 Å². The Balaban J connectivity index is 1.67. The van der Waals surface area contributed by atoms with Gasteiger partial charge in [-0.2, -0.15) is 0 Å². The first kappa shape index (κ1) is 17.9. The molecule has 0 bridgehead atoms. The number of anilines is 2. The van der Waals surface area contributed by atoms with Crippen LogP contribution in [0, 0.1) is 11.6 Å². The summed E-state index contributed by atoms with van der Waals surface area (Å²) in [5.41, 5.74) is 6.78. The first-order chi connectivity index (χ1) is 13.4. The number of hydrogen-bond acceptors (Lipinski definition) is 3. The second-order valence-electron chi connectivity index (χ2n) is 6.10. The maximum atomic E-state index is 14.0. The van der Waals surface area contributed by atoms with Crippen LogP contribution in [0.25, 0.3) is 22.3 Å². The van der Waals surface area contributed by atoms with E-state index in [4.69, 9.17) is 17.3 Å². The number of aromatic nitrogens is 2. The summed E-state index contributed by atoms with van der Waals surface area (Å²) in [6.07, 6.45) is 1.38. The average Bonchev–Trinajstić information content (AvgIpc) is 3.08. The van der Waals surface area contributed by atoms with Gasteiger partial charge in [-0.25, -0.2) is 13.8 Å². The lowest BCUT2D eigenvalue weighted by Gasteiger charge is -2.08. The molecule has 0 atom stereocenters. The molecule has 2 aromatic heterocycles. The second kappa shape index (κ2) is 6.94. The van der Waals surface area contributed by atoms with Gasteiger partial charge in [0.15, 0.2) is 5.82 Å². The van der Waals surface area contributed by atoms with E-state index in [1.165, 1.54) is 6.20 Å². The summed E-state index contributed by atoms with van der Waals surface area (Å²) in [6.45, 7) is 0. The van der Waals surface area contributed by atoms with Crippen molar-refractivity contribution in [1.29, 1.82) is 0 Å². The minimum Gasteiger partial charge on any atom is -0.396 e. The number of nitrogen functional groups attached to an aromatic ring is 1. The van der Waals surface area contributed by atoms with Crippen LogP contribution < -0.4 is 11.1 Å². The van der Waals surface area contributed by atoms with Gasteiger partial charge in [0.2, 0.25) is 0 Å². The molecule has 4 aromatic rings. The second-order valence-corrected chi connectivity index (χ2v) is 6.51. The molecule has 0 aliphatic heterocycles. The molecule has 8 heteroatoms. The minimum absolute atomic E-state index is 0.281. The van der Waals surface area contributed by atoms with Crippen molar-refractivity contribution in [3.8, 4) is 11.3 Å². The molecule has 4 N–H and O–H groups in total. The highest BCUT2D eigenvalue weighted by Crippen LogP contribution is 2.30. The van der Waals surface area contributed by atoms with Crippen molar-refractivity contribution in [3.05, 3.63) is 76.9 Å². The topological polar surface area (TPSA) is 83.8 Å². The quantitative estimate of drug-likeness (QED) is 0.425. The predicted molar refractivity (Wildman–Crippen MR) is 105 cm³/mol. The van der Waals surface area contributed by atoms with Crippen LogP contribution in [0.15, 0.2) is 54.7 Å². The first-order valence-corrected chi connectivity index (χ1v) is 8.60.